The average Bonchev–Trinajstić information content (AvgIpc) is 2.27. The molecular formula is C9H10ClN3O5S. The minimum atomic E-state index is -3.85. The third-order valence-electron chi connectivity index (χ3n) is 2.07. The Bertz CT molecular complexity index is 589. The van der Waals surface area contributed by atoms with Crippen LogP contribution in [0, 0.1) is 10.1 Å². The summed E-state index contributed by atoms with van der Waals surface area (Å²) in [5.41, 5.74) is 0.210. The lowest BCUT2D eigenvalue weighted by Crippen LogP contribution is -2.35. The van der Waals surface area contributed by atoms with Gasteiger partial charge in [0.1, 0.15) is 5.75 Å². The number of ketones is 1. The van der Waals surface area contributed by atoms with Crippen LogP contribution in [0.4, 0.5) is 5.69 Å². The zero-order valence-electron chi connectivity index (χ0n) is 9.50. The summed E-state index contributed by atoms with van der Waals surface area (Å²) in [5.74, 6) is -1.38. The molecule has 0 spiro atoms. The standard InChI is InChI=1S/C9H10ClN3O5S/c10-11-12-19(17,18)6-9(14)5-7-2-1-3-8(4-7)13(15)16/h1-4,11-12H,5-6H2. The van der Waals surface area contributed by atoms with E-state index in [-0.39, 0.29) is 12.1 Å². The number of non-ortho nitro benzene ring substituents is 1. The average molecular weight is 308 g/mol. The number of nitro benzene ring substituents is 1. The van der Waals surface area contributed by atoms with Gasteiger partial charge in [-0.05, 0) is 17.3 Å². The molecule has 10 heteroatoms. The van der Waals surface area contributed by atoms with Gasteiger partial charge in [0.15, 0.2) is 5.78 Å². The quantitative estimate of drug-likeness (QED) is 0.424. The van der Waals surface area contributed by atoms with Crippen molar-refractivity contribution >= 4 is 33.3 Å². The summed E-state index contributed by atoms with van der Waals surface area (Å²) >= 11 is 4.96. The van der Waals surface area contributed by atoms with Crippen molar-refractivity contribution in [3.63, 3.8) is 0 Å². The third kappa shape index (κ3) is 5.30. The number of nitrogens with zero attached hydrogens (tertiary/aromatic N) is 1. The molecule has 0 bridgehead atoms. The maximum Gasteiger partial charge on any atom is 0.269 e. The van der Waals surface area contributed by atoms with E-state index in [1.54, 1.807) is 9.78 Å². The van der Waals surface area contributed by atoms with E-state index in [4.69, 9.17) is 11.8 Å². The maximum absolute atomic E-state index is 11.5. The molecule has 0 unspecified atom stereocenters. The molecule has 0 heterocycles. The molecule has 1 aromatic rings. The van der Waals surface area contributed by atoms with Crippen molar-refractivity contribution in [1.82, 2.24) is 9.78 Å². The summed E-state index contributed by atoms with van der Waals surface area (Å²) in [6.07, 6.45) is -0.217. The highest BCUT2D eigenvalue weighted by Crippen LogP contribution is 2.13. The first-order chi connectivity index (χ1) is 8.84. The molecule has 8 nitrogen and oxygen atoms in total. The maximum atomic E-state index is 11.5. The topological polar surface area (TPSA) is 118 Å². The molecule has 0 amide bonds. The SMILES string of the molecule is O=C(Cc1cccc([N+](=O)[O-])c1)CS(=O)(=O)NNCl. The van der Waals surface area contributed by atoms with E-state index >= 15 is 0 Å². The summed E-state index contributed by atoms with van der Waals surface area (Å²) < 4.78 is 22.4. The highest BCUT2D eigenvalue weighted by molar-refractivity contribution is 7.90. The molecule has 1 aromatic carbocycles. The van der Waals surface area contributed by atoms with E-state index in [0.29, 0.717) is 5.56 Å². The molecule has 104 valence electrons. The van der Waals surface area contributed by atoms with E-state index in [1.807, 2.05) is 0 Å². The van der Waals surface area contributed by atoms with Crippen LogP contribution in [0.15, 0.2) is 24.3 Å². The summed E-state index contributed by atoms with van der Waals surface area (Å²) in [4.78, 5) is 24.9. The second kappa shape index (κ2) is 6.57. The Morgan fingerprint density at radius 3 is 2.68 bits per heavy atom. The first-order valence-corrected chi connectivity index (χ1v) is 6.97. The number of halogens is 1. The normalized spacial score (nSPS) is 11.2. The summed E-state index contributed by atoms with van der Waals surface area (Å²) in [7, 11) is -3.85. The summed E-state index contributed by atoms with van der Waals surface area (Å²) in [5, 5.41) is 10.5. The molecule has 0 fully saturated rings. The fourth-order valence-electron chi connectivity index (χ4n) is 1.37. The van der Waals surface area contributed by atoms with Gasteiger partial charge in [-0.15, -0.1) is 4.83 Å². The number of nitrogens with one attached hydrogen (secondary N) is 2. The second-order valence-electron chi connectivity index (χ2n) is 3.60. The largest absolute Gasteiger partial charge is 0.298 e. The molecule has 0 saturated carbocycles. The molecule has 0 aromatic heterocycles. The van der Waals surface area contributed by atoms with Crippen LogP contribution in [0.3, 0.4) is 0 Å². The lowest BCUT2D eigenvalue weighted by Gasteiger charge is -2.03. The van der Waals surface area contributed by atoms with Crippen molar-refractivity contribution in [3.8, 4) is 0 Å². The van der Waals surface area contributed by atoms with Crippen molar-refractivity contribution in [2.24, 2.45) is 0 Å². The molecule has 0 aliphatic heterocycles. The van der Waals surface area contributed by atoms with Crippen LogP contribution < -0.4 is 9.78 Å². The second-order valence-corrected chi connectivity index (χ2v) is 5.51. The molecule has 19 heavy (non-hydrogen) atoms. The Morgan fingerprint density at radius 2 is 2.11 bits per heavy atom. The van der Waals surface area contributed by atoms with Gasteiger partial charge >= 0.3 is 0 Å². The smallest absolute Gasteiger partial charge is 0.269 e. The van der Waals surface area contributed by atoms with Crippen LogP contribution in [-0.4, -0.2) is 24.9 Å². The lowest BCUT2D eigenvalue weighted by atomic mass is 10.1. The molecule has 2 N–H and O–H groups in total. The van der Waals surface area contributed by atoms with Gasteiger partial charge in [0.05, 0.1) is 4.92 Å². The van der Waals surface area contributed by atoms with E-state index in [0.717, 1.165) is 0 Å². The fraction of sp³-hybridized carbons (Fsp3) is 0.222. The van der Waals surface area contributed by atoms with Crippen LogP contribution in [0.2, 0.25) is 0 Å². The van der Waals surface area contributed by atoms with Gasteiger partial charge in [-0.2, -0.15) is 4.94 Å². The van der Waals surface area contributed by atoms with Gasteiger partial charge in [-0.3, -0.25) is 14.9 Å². The molecule has 0 saturated heterocycles. The third-order valence-corrected chi connectivity index (χ3v) is 3.39. The van der Waals surface area contributed by atoms with Gasteiger partial charge in [0.2, 0.25) is 10.0 Å². The summed E-state index contributed by atoms with van der Waals surface area (Å²) in [6.45, 7) is 0. The minimum absolute atomic E-state index is 0.159. The minimum Gasteiger partial charge on any atom is -0.298 e. The Morgan fingerprint density at radius 1 is 1.42 bits per heavy atom. The van der Waals surface area contributed by atoms with Crippen LogP contribution in [-0.2, 0) is 21.2 Å². The number of sulfonamides is 1. The first kappa shape index (κ1) is 15.5. The molecule has 0 aliphatic carbocycles. The Hall–Kier alpha value is -1.55. The van der Waals surface area contributed by atoms with Crippen molar-refractivity contribution in [1.29, 1.82) is 0 Å². The van der Waals surface area contributed by atoms with Gasteiger partial charge in [-0.25, -0.2) is 8.42 Å². The van der Waals surface area contributed by atoms with Crippen LogP contribution in [0.25, 0.3) is 0 Å². The number of nitro groups is 1. The molecular weight excluding hydrogens is 298 g/mol. The number of benzene rings is 1. The van der Waals surface area contributed by atoms with Crippen LogP contribution in [0.5, 0.6) is 0 Å². The van der Waals surface area contributed by atoms with Crippen molar-refractivity contribution < 1.29 is 18.1 Å². The van der Waals surface area contributed by atoms with Crippen LogP contribution in [0.1, 0.15) is 5.56 Å². The van der Waals surface area contributed by atoms with Crippen molar-refractivity contribution in [3.05, 3.63) is 39.9 Å². The van der Waals surface area contributed by atoms with Gasteiger partial charge in [0, 0.05) is 18.6 Å². The number of Topliss-reactive ketones (excluding diaryl/α,β-unsaturated/α-hetero) is 1. The van der Waals surface area contributed by atoms with Crippen molar-refractivity contribution in [2.75, 3.05) is 5.75 Å². The Balaban J connectivity index is 2.72. The van der Waals surface area contributed by atoms with E-state index in [1.165, 1.54) is 24.3 Å². The molecule has 0 aliphatic rings. The number of hydrogen-bond donors (Lipinski definition) is 2. The zero-order chi connectivity index (χ0) is 14.5. The van der Waals surface area contributed by atoms with Crippen LogP contribution >= 0.6 is 11.8 Å². The van der Waals surface area contributed by atoms with E-state index in [9.17, 15) is 23.3 Å². The number of carbonyl (C=O) groups is 1. The number of hydrogen-bond acceptors (Lipinski definition) is 6. The van der Waals surface area contributed by atoms with Gasteiger partial charge in [0.25, 0.3) is 5.69 Å². The van der Waals surface area contributed by atoms with Gasteiger partial charge in [-0.1, -0.05) is 12.1 Å². The van der Waals surface area contributed by atoms with Gasteiger partial charge < -0.3 is 0 Å². The molecule has 1 rings (SSSR count). The van der Waals surface area contributed by atoms with E-state index in [2.05, 4.69) is 0 Å². The predicted molar refractivity (Wildman–Crippen MR) is 67.7 cm³/mol. The lowest BCUT2D eigenvalue weighted by molar-refractivity contribution is -0.384. The number of hydrazine groups is 1. The monoisotopic (exact) mass is 307 g/mol. The molecule has 0 radical (unpaired) electrons. The Kier molecular flexibility index (Phi) is 5.36. The zero-order valence-corrected chi connectivity index (χ0v) is 11.1. The summed E-state index contributed by atoms with van der Waals surface area (Å²) in [6, 6.07) is 5.43. The predicted octanol–water partition coefficient (Wildman–Crippen LogP) is 0.284. The Labute approximate surface area is 114 Å². The highest BCUT2D eigenvalue weighted by Gasteiger charge is 2.17. The highest BCUT2D eigenvalue weighted by atomic mass is 35.5. The number of rotatable bonds is 7. The number of carbonyl (C=O) groups excluding carboxylic acids is 1. The fourth-order valence-corrected chi connectivity index (χ4v) is 2.43. The first-order valence-electron chi connectivity index (χ1n) is 4.94. The molecule has 0 atom stereocenters. The van der Waals surface area contributed by atoms with Crippen molar-refractivity contribution in [2.45, 2.75) is 6.42 Å². The van der Waals surface area contributed by atoms with E-state index < -0.39 is 26.5 Å².